The summed E-state index contributed by atoms with van der Waals surface area (Å²) in [5, 5.41) is 0. The molecule has 0 spiro atoms. The Kier molecular flexibility index (Phi) is 2.90. The molecule has 0 radical (unpaired) electrons. The Morgan fingerprint density at radius 2 is 1.95 bits per heavy atom. The summed E-state index contributed by atoms with van der Waals surface area (Å²) in [5.41, 5.74) is 1.51. The van der Waals surface area contributed by atoms with Gasteiger partial charge in [-0.3, -0.25) is 0 Å². The van der Waals surface area contributed by atoms with Crippen LogP contribution in [0.2, 0.25) is 0 Å². The molecule has 5 unspecified atom stereocenters. The molecule has 1 aromatic rings. The molecule has 1 aliphatic heterocycles. The van der Waals surface area contributed by atoms with E-state index in [-0.39, 0.29) is 11.0 Å². The number of alkyl halides is 1. The minimum Gasteiger partial charge on any atom is -0.487 e. The highest BCUT2D eigenvalue weighted by molar-refractivity contribution is 5.37. The third-order valence-corrected chi connectivity index (χ3v) is 6.73. The van der Waals surface area contributed by atoms with Gasteiger partial charge >= 0.3 is 0 Å². The molecule has 5 atom stereocenters. The standard InChI is InChI=1S/C19H25FO/c1-18-9-8-15(20)12-14(18)7-10-19(2)17(18)11-13-5-3-4-6-16(13)21-19/h3-6,14-15,17H,7-12H2,1-2H3. The summed E-state index contributed by atoms with van der Waals surface area (Å²) in [6, 6.07) is 8.46. The van der Waals surface area contributed by atoms with Gasteiger partial charge in [0.1, 0.15) is 17.5 Å². The van der Waals surface area contributed by atoms with Gasteiger partial charge in [0.15, 0.2) is 0 Å². The van der Waals surface area contributed by atoms with Crippen molar-refractivity contribution >= 4 is 0 Å². The zero-order valence-electron chi connectivity index (χ0n) is 13.1. The van der Waals surface area contributed by atoms with Gasteiger partial charge in [-0.15, -0.1) is 0 Å². The summed E-state index contributed by atoms with van der Waals surface area (Å²) in [6.45, 7) is 4.69. The highest BCUT2D eigenvalue weighted by Gasteiger charge is 2.57. The number of ether oxygens (including phenoxy) is 1. The van der Waals surface area contributed by atoms with Crippen LogP contribution in [0.5, 0.6) is 5.75 Å². The smallest absolute Gasteiger partial charge is 0.123 e. The van der Waals surface area contributed by atoms with Crippen molar-refractivity contribution in [3.63, 3.8) is 0 Å². The molecular formula is C19H25FO. The van der Waals surface area contributed by atoms with Crippen LogP contribution in [0.1, 0.15) is 51.5 Å². The average Bonchev–Trinajstić information content (AvgIpc) is 2.47. The summed E-state index contributed by atoms with van der Waals surface area (Å²) in [4.78, 5) is 0. The number of rotatable bonds is 0. The molecule has 2 heteroatoms. The van der Waals surface area contributed by atoms with E-state index in [4.69, 9.17) is 4.74 Å². The Morgan fingerprint density at radius 1 is 1.14 bits per heavy atom. The van der Waals surface area contributed by atoms with E-state index in [9.17, 15) is 4.39 Å². The van der Waals surface area contributed by atoms with Crippen molar-refractivity contribution in [1.82, 2.24) is 0 Å². The molecule has 21 heavy (non-hydrogen) atoms. The van der Waals surface area contributed by atoms with Gasteiger partial charge in [0.25, 0.3) is 0 Å². The first-order valence-corrected chi connectivity index (χ1v) is 8.42. The van der Waals surface area contributed by atoms with Crippen LogP contribution in [0.4, 0.5) is 4.39 Å². The highest BCUT2D eigenvalue weighted by Crippen LogP contribution is 2.60. The molecule has 1 heterocycles. The predicted octanol–water partition coefficient (Wildman–Crippen LogP) is 4.93. The van der Waals surface area contributed by atoms with Crippen LogP contribution in [0.15, 0.2) is 24.3 Å². The number of para-hydroxylation sites is 1. The fourth-order valence-electron chi connectivity index (χ4n) is 5.42. The van der Waals surface area contributed by atoms with Gasteiger partial charge in [0.05, 0.1) is 0 Å². The lowest BCUT2D eigenvalue weighted by molar-refractivity contribution is -0.139. The van der Waals surface area contributed by atoms with E-state index in [2.05, 4.69) is 38.1 Å². The molecule has 0 bridgehead atoms. The van der Waals surface area contributed by atoms with E-state index < -0.39 is 6.17 Å². The Bertz CT molecular complexity index is 556. The third-order valence-electron chi connectivity index (χ3n) is 6.73. The first-order chi connectivity index (χ1) is 10.0. The fraction of sp³-hybridized carbons (Fsp3) is 0.684. The molecule has 4 rings (SSSR count). The first kappa shape index (κ1) is 13.6. The van der Waals surface area contributed by atoms with Crippen LogP contribution in [-0.4, -0.2) is 11.8 Å². The van der Waals surface area contributed by atoms with Crippen LogP contribution in [0, 0.1) is 17.3 Å². The minimum absolute atomic E-state index is 0.0667. The van der Waals surface area contributed by atoms with Gasteiger partial charge in [0.2, 0.25) is 0 Å². The Labute approximate surface area is 126 Å². The maximum atomic E-state index is 13.9. The largest absolute Gasteiger partial charge is 0.487 e. The maximum absolute atomic E-state index is 13.9. The number of hydrogen-bond donors (Lipinski definition) is 0. The number of benzene rings is 1. The van der Waals surface area contributed by atoms with E-state index in [1.807, 2.05) is 0 Å². The molecule has 114 valence electrons. The summed E-state index contributed by atoms with van der Waals surface area (Å²) >= 11 is 0. The molecule has 0 amide bonds. The molecule has 1 aromatic carbocycles. The zero-order valence-corrected chi connectivity index (χ0v) is 13.1. The Balaban J connectivity index is 1.73. The van der Waals surface area contributed by atoms with Crippen molar-refractivity contribution in [2.45, 2.75) is 64.1 Å². The summed E-state index contributed by atoms with van der Waals surface area (Å²) in [5.74, 6) is 2.12. The van der Waals surface area contributed by atoms with Crippen LogP contribution >= 0.6 is 0 Å². The van der Waals surface area contributed by atoms with E-state index in [0.717, 1.165) is 44.3 Å². The van der Waals surface area contributed by atoms with Gasteiger partial charge in [0, 0.05) is 5.92 Å². The number of fused-ring (bicyclic) bond motifs is 4. The summed E-state index contributed by atoms with van der Waals surface area (Å²) in [6.07, 6.45) is 5.22. The number of halogens is 1. The SMILES string of the molecule is CC12CCC3CC(F)CCC3(C)C1Cc1ccccc1O2. The van der Waals surface area contributed by atoms with Crippen LogP contribution < -0.4 is 4.74 Å². The monoisotopic (exact) mass is 288 g/mol. The van der Waals surface area contributed by atoms with Crippen molar-refractivity contribution in [3.05, 3.63) is 29.8 Å². The van der Waals surface area contributed by atoms with Gasteiger partial charge in [-0.2, -0.15) is 0 Å². The first-order valence-electron chi connectivity index (χ1n) is 8.42. The van der Waals surface area contributed by atoms with Crippen molar-refractivity contribution in [3.8, 4) is 5.75 Å². The second-order valence-corrected chi connectivity index (χ2v) is 7.89. The number of hydrogen-bond acceptors (Lipinski definition) is 1. The molecular weight excluding hydrogens is 263 g/mol. The molecule has 2 fully saturated rings. The molecule has 0 N–H and O–H groups in total. The molecule has 2 saturated carbocycles. The van der Waals surface area contributed by atoms with Gasteiger partial charge < -0.3 is 4.74 Å². The maximum Gasteiger partial charge on any atom is 0.123 e. The highest BCUT2D eigenvalue weighted by atomic mass is 19.1. The van der Waals surface area contributed by atoms with E-state index in [1.54, 1.807) is 0 Å². The lowest BCUT2D eigenvalue weighted by Crippen LogP contribution is -2.59. The summed E-state index contributed by atoms with van der Waals surface area (Å²) in [7, 11) is 0. The van der Waals surface area contributed by atoms with E-state index >= 15 is 0 Å². The second kappa shape index (κ2) is 4.47. The molecule has 2 aliphatic carbocycles. The van der Waals surface area contributed by atoms with Crippen LogP contribution in [0.25, 0.3) is 0 Å². The van der Waals surface area contributed by atoms with Gasteiger partial charge in [-0.1, -0.05) is 25.1 Å². The summed E-state index contributed by atoms with van der Waals surface area (Å²) < 4.78 is 20.3. The quantitative estimate of drug-likeness (QED) is 0.657. The average molecular weight is 288 g/mol. The lowest BCUT2D eigenvalue weighted by atomic mass is 9.49. The zero-order chi connectivity index (χ0) is 14.7. The van der Waals surface area contributed by atoms with E-state index in [0.29, 0.717) is 11.8 Å². The Hall–Kier alpha value is -1.05. The molecule has 3 aliphatic rings. The van der Waals surface area contributed by atoms with E-state index in [1.165, 1.54) is 5.56 Å². The van der Waals surface area contributed by atoms with Crippen molar-refractivity contribution in [2.24, 2.45) is 17.3 Å². The molecule has 0 aromatic heterocycles. The normalized spacial score (nSPS) is 45.0. The van der Waals surface area contributed by atoms with Crippen LogP contribution in [-0.2, 0) is 6.42 Å². The topological polar surface area (TPSA) is 9.23 Å². The van der Waals surface area contributed by atoms with Crippen LogP contribution in [0.3, 0.4) is 0 Å². The third kappa shape index (κ3) is 1.94. The second-order valence-electron chi connectivity index (χ2n) is 7.89. The minimum atomic E-state index is -0.579. The fourth-order valence-corrected chi connectivity index (χ4v) is 5.42. The van der Waals surface area contributed by atoms with Crippen molar-refractivity contribution in [2.75, 3.05) is 0 Å². The lowest BCUT2D eigenvalue weighted by Gasteiger charge is -2.59. The molecule has 1 nitrogen and oxygen atoms in total. The van der Waals surface area contributed by atoms with Crippen molar-refractivity contribution < 1.29 is 9.13 Å². The predicted molar refractivity (Wildman–Crippen MR) is 82.2 cm³/mol. The Morgan fingerprint density at radius 3 is 2.81 bits per heavy atom. The molecule has 0 saturated heterocycles. The van der Waals surface area contributed by atoms with Gasteiger partial charge in [-0.25, -0.2) is 4.39 Å². The van der Waals surface area contributed by atoms with Gasteiger partial charge in [-0.05, 0) is 68.4 Å². The van der Waals surface area contributed by atoms with Crippen molar-refractivity contribution in [1.29, 1.82) is 0 Å².